The molecule has 10 nitrogen and oxygen atoms in total. The summed E-state index contributed by atoms with van der Waals surface area (Å²) in [5.41, 5.74) is -0.545. The molecule has 228 valence electrons. The van der Waals surface area contributed by atoms with E-state index in [1.54, 1.807) is 0 Å². The highest BCUT2D eigenvalue weighted by Crippen LogP contribution is 2.67. The van der Waals surface area contributed by atoms with Crippen LogP contribution in [0.2, 0.25) is 0 Å². The number of carbonyl (C=O) groups is 3. The monoisotopic (exact) mass is 574 g/mol. The number of rotatable bonds is 8. The lowest BCUT2D eigenvalue weighted by atomic mass is 9.45. The zero-order valence-corrected chi connectivity index (χ0v) is 24.3. The minimum atomic E-state index is -1.59. The van der Waals surface area contributed by atoms with E-state index in [9.17, 15) is 29.7 Å². The van der Waals surface area contributed by atoms with Crippen LogP contribution in [0.5, 0.6) is 0 Å². The third-order valence-electron chi connectivity index (χ3n) is 11.8. The average Bonchev–Trinajstić information content (AvgIpc) is 3.22. The van der Waals surface area contributed by atoms with E-state index in [-0.39, 0.29) is 47.5 Å². The van der Waals surface area contributed by atoms with Gasteiger partial charge >= 0.3 is 5.97 Å². The number of aliphatic hydroxyl groups is 3. The van der Waals surface area contributed by atoms with Gasteiger partial charge < -0.3 is 30.6 Å². The van der Waals surface area contributed by atoms with Gasteiger partial charge in [-0.05, 0) is 106 Å². The van der Waals surface area contributed by atoms with Gasteiger partial charge in [-0.2, -0.15) is 0 Å². The summed E-state index contributed by atoms with van der Waals surface area (Å²) in [5, 5.41) is 48.7. The van der Waals surface area contributed by atoms with Crippen LogP contribution >= 0.6 is 0 Å². The Labute approximate surface area is 241 Å². The quantitative estimate of drug-likeness (QED) is 0.276. The molecule has 10 heteroatoms. The Kier molecular flexibility index (Phi) is 8.40. The number of carboxylic acids is 1. The molecule has 7 atom stereocenters. The minimum Gasteiger partial charge on any atom is -0.481 e. The fourth-order valence-electron chi connectivity index (χ4n) is 9.46. The van der Waals surface area contributed by atoms with Crippen molar-refractivity contribution in [3.05, 3.63) is 11.6 Å². The average molecular weight is 575 g/mol. The number of Topliss-reactive ketones (excluding diaryl/α,β-unsaturated/α-hetero) is 1. The van der Waals surface area contributed by atoms with Crippen molar-refractivity contribution in [3.8, 4) is 0 Å². The summed E-state index contributed by atoms with van der Waals surface area (Å²) < 4.78 is 0. The van der Waals surface area contributed by atoms with Gasteiger partial charge in [0.15, 0.2) is 12.4 Å². The molecule has 0 radical (unpaired) electrons. The molecule has 0 aliphatic heterocycles. The second-order valence-electron chi connectivity index (χ2n) is 13.8. The Hall–Kier alpha value is -2.30. The molecule has 0 aromatic carbocycles. The van der Waals surface area contributed by atoms with E-state index >= 15 is 0 Å². The molecule has 4 saturated carbocycles. The maximum Gasteiger partial charge on any atom is 0.306 e. The fraction of sp³-hybridized carbons (Fsp3) is 0.806. The van der Waals surface area contributed by atoms with Crippen molar-refractivity contribution in [1.29, 1.82) is 0 Å². The zero-order chi connectivity index (χ0) is 29.6. The van der Waals surface area contributed by atoms with Crippen LogP contribution in [0, 0.1) is 40.4 Å². The Bertz CT molecular complexity index is 1110. The Morgan fingerprint density at radius 1 is 1.07 bits per heavy atom. The number of oxime groups is 1. The van der Waals surface area contributed by atoms with Gasteiger partial charge in [0.1, 0.15) is 12.2 Å². The molecular weight excluding hydrogens is 528 g/mol. The summed E-state index contributed by atoms with van der Waals surface area (Å²) in [4.78, 5) is 41.4. The van der Waals surface area contributed by atoms with Crippen molar-refractivity contribution in [1.82, 2.24) is 5.32 Å². The highest BCUT2D eigenvalue weighted by Gasteiger charge is 2.68. The molecule has 0 heterocycles. The van der Waals surface area contributed by atoms with Crippen LogP contribution in [0.15, 0.2) is 16.8 Å². The molecule has 0 spiro atoms. The summed E-state index contributed by atoms with van der Waals surface area (Å²) in [7, 11) is 0. The molecule has 0 bridgehead atoms. The van der Waals surface area contributed by atoms with Gasteiger partial charge in [0.25, 0.3) is 5.91 Å². The number of amides is 1. The van der Waals surface area contributed by atoms with Crippen LogP contribution < -0.4 is 5.32 Å². The lowest BCUT2D eigenvalue weighted by Crippen LogP contribution is -2.62. The number of fused-ring (bicyclic) bond motifs is 5. The molecular formula is C31H46N2O8. The van der Waals surface area contributed by atoms with Crippen LogP contribution in [-0.2, 0) is 19.2 Å². The zero-order valence-electron chi connectivity index (χ0n) is 24.3. The van der Waals surface area contributed by atoms with Gasteiger partial charge in [0, 0.05) is 12.0 Å². The lowest BCUT2D eigenvalue weighted by Gasteiger charge is -2.60. The van der Waals surface area contributed by atoms with Crippen LogP contribution in [0.25, 0.3) is 0 Å². The predicted octanol–water partition coefficient (Wildman–Crippen LogP) is 2.59. The number of allylic oxidation sites excluding steroid dienone is 2. The van der Waals surface area contributed by atoms with Gasteiger partial charge in [0.05, 0.1) is 17.7 Å². The van der Waals surface area contributed by atoms with E-state index in [2.05, 4.69) is 23.5 Å². The van der Waals surface area contributed by atoms with Crippen LogP contribution in [0.4, 0.5) is 0 Å². The van der Waals surface area contributed by atoms with E-state index in [0.717, 1.165) is 37.8 Å². The molecule has 5 aliphatic carbocycles. The molecule has 5 rings (SSSR count). The Balaban J connectivity index is 1.17. The first kappa shape index (κ1) is 30.2. The number of hydrogen-bond acceptors (Lipinski definition) is 8. The molecule has 4 fully saturated rings. The van der Waals surface area contributed by atoms with E-state index in [1.807, 2.05) is 6.92 Å². The summed E-state index contributed by atoms with van der Waals surface area (Å²) in [6, 6.07) is 0. The first-order valence-corrected chi connectivity index (χ1v) is 15.4. The third kappa shape index (κ3) is 5.25. The van der Waals surface area contributed by atoms with Crippen LogP contribution in [0.1, 0.15) is 84.5 Å². The smallest absolute Gasteiger partial charge is 0.306 e. The van der Waals surface area contributed by atoms with E-state index in [0.29, 0.717) is 45.1 Å². The molecule has 0 saturated heterocycles. The summed E-state index contributed by atoms with van der Waals surface area (Å²) >= 11 is 0. The molecule has 0 aromatic rings. The van der Waals surface area contributed by atoms with Crippen LogP contribution in [-0.4, -0.2) is 75.3 Å². The molecule has 5 N–H and O–H groups in total. The molecule has 5 aliphatic rings. The number of carboxylic acid groups (broad SMARTS) is 1. The first-order chi connectivity index (χ1) is 19.4. The number of ketones is 1. The number of aliphatic hydroxyl groups excluding tert-OH is 2. The Morgan fingerprint density at radius 2 is 1.80 bits per heavy atom. The second kappa shape index (κ2) is 11.4. The van der Waals surface area contributed by atoms with Crippen molar-refractivity contribution < 1.29 is 39.6 Å². The standard InChI is InChI=1S/C31H46N2O8/c1-29-11-9-21(33-41-17-26(37)32-15-18-3-5-19(6-4-18)28(38)39)13-20(29)7-8-22-23-10-12-31(40,25(36)16-34)30(23,2)14-24(35)27(22)29/h13,18-19,22-24,27,34-35,40H,3-12,14-17H2,1-2H3,(H,32,37)(H,38,39)/b33-21-/t18?,19?,22-,23+,24+,27-,29-,30-,31-/m0/s1. The molecule has 0 unspecified atom stereocenters. The maximum absolute atomic E-state index is 12.6. The van der Waals surface area contributed by atoms with Gasteiger partial charge in [-0.3, -0.25) is 14.4 Å². The predicted molar refractivity (Wildman–Crippen MR) is 150 cm³/mol. The summed E-state index contributed by atoms with van der Waals surface area (Å²) in [5.74, 6) is -1.18. The lowest BCUT2D eigenvalue weighted by molar-refractivity contribution is -0.181. The normalized spacial score (nSPS) is 42.9. The fourth-order valence-corrected chi connectivity index (χ4v) is 9.46. The highest BCUT2D eigenvalue weighted by molar-refractivity contribution is 5.96. The van der Waals surface area contributed by atoms with Gasteiger partial charge in [0.2, 0.25) is 0 Å². The van der Waals surface area contributed by atoms with Crippen molar-refractivity contribution >= 4 is 23.4 Å². The van der Waals surface area contributed by atoms with Gasteiger partial charge in [-0.1, -0.05) is 24.6 Å². The van der Waals surface area contributed by atoms with Crippen LogP contribution in [0.3, 0.4) is 0 Å². The Morgan fingerprint density at radius 3 is 2.49 bits per heavy atom. The second-order valence-corrected chi connectivity index (χ2v) is 13.8. The first-order valence-electron chi connectivity index (χ1n) is 15.4. The number of aliphatic carboxylic acids is 1. The molecule has 0 aromatic heterocycles. The van der Waals surface area contributed by atoms with E-state index in [4.69, 9.17) is 9.94 Å². The number of carbonyl (C=O) groups excluding carboxylic acids is 2. The van der Waals surface area contributed by atoms with Crippen molar-refractivity contribution in [2.24, 2.45) is 45.6 Å². The van der Waals surface area contributed by atoms with Gasteiger partial charge in [-0.15, -0.1) is 0 Å². The SMILES string of the molecule is C[C@]12CC/C(=N/OCC(=O)NCC3CCC(C(=O)O)CC3)C=C1CC[C@@H]1[C@H]2[C@H](O)C[C@@]2(C)[C@@H]1CC[C@]2(O)C(=O)CO. The van der Waals surface area contributed by atoms with E-state index < -0.39 is 35.5 Å². The van der Waals surface area contributed by atoms with Crippen molar-refractivity contribution in [2.45, 2.75) is 96.2 Å². The van der Waals surface area contributed by atoms with Gasteiger partial charge in [-0.25, -0.2) is 0 Å². The topological polar surface area (TPSA) is 166 Å². The minimum absolute atomic E-state index is 0.0194. The third-order valence-corrected chi connectivity index (χ3v) is 11.8. The molecule has 1 amide bonds. The van der Waals surface area contributed by atoms with Crippen molar-refractivity contribution in [3.63, 3.8) is 0 Å². The van der Waals surface area contributed by atoms with E-state index in [1.165, 1.54) is 5.57 Å². The number of nitrogens with one attached hydrogen (secondary N) is 1. The number of nitrogens with zero attached hydrogens (tertiary/aromatic N) is 1. The summed E-state index contributed by atoms with van der Waals surface area (Å²) in [6.45, 7) is 3.80. The largest absolute Gasteiger partial charge is 0.481 e. The number of hydrogen-bond donors (Lipinski definition) is 5. The van der Waals surface area contributed by atoms with Crippen molar-refractivity contribution in [2.75, 3.05) is 19.8 Å². The highest BCUT2D eigenvalue weighted by atomic mass is 16.6. The maximum atomic E-state index is 12.6. The molecule has 41 heavy (non-hydrogen) atoms. The summed E-state index contributed by atoms with van der Waals surface area (Å²) in [6.07, 6.45) is 8.85.